The summed E-state index contributed by atoms with van der Waals surface area (Å²) in [6, 6.07) is 8.23. The van der Waals surface area contributed by atoms with Crippen LogP contribution in [0.3, 0.4) is 0 Å². The Kier molecular flexibility index (Phi) is 3.17. The molecule has 2 heterocycles. The fourth-order valence-electron chi connectivity index (χ4n) is 2.57. The minimum atomic E-state index is 0.744. The van der Waals surface area contributed by atoms with E-state index in [4.69, 9.17) is 5.73 Å². The second-order valence-corrected chi connectivity index (χ2v) is 4.82. The van der Waals surface area contributed by atoms with Crippen molar-refractivity contribution in [1.82, 2.24) is 14.5 Å². The Morgan fingerprint density at radius 3 is 2.84 bits per heavy atom. The zero-order chi connectivity index (χ0) is 13.2. The van der Waals surface area contributed by atoms with E-state index in [9.17, 15) is 0 Å². The highest BCUT2D eigenvalue weighted by atomic mass is 15.1. The van der Waals surface area contributed by atoms with Gasteiger partial charge >= 0.3 is 0 Å². The van der Waals surface area contributed by atoms with E-state index in [-0.39, 0.29) is 0 Å². The van der Waals surface area contributed by atoms with Gasteiger partial charge in [0.15, 0.2) is 0 Å². The highest BCUT2D eigenvalue weighted by molar-refractivity contribution is 6.02. The number of hydrogen-bond acceptors (Lipinski definition) is 3. The van der Waals surface area contributed by atoms with Crippen LogP contribution >= 0.6 is 0 Å². The molecule has 0 unspecified atom stereocenters. The van der Waals surface area contributed by atoms with Crippen LogP contribution < -0.4 is 5.73 Å². The largest absolute Gasteiger partial charge is 0.330 e. The summed E-state index contributed by atoms with van der Waals surface area (Å²) >= 11 is 0. The average Bonchev–Trinajstić information content (AvgIpc) is 2.76. The van der Waals surface area contributed by atoms with Crippen LogP contribution in [-0.2, 0) is 6.54 Å². The van der Waals surface area contributed by atoms with Crippen LogP contribution in [0.4, 0.5) is 0 Å². The first kappa shape index (κ1) is 12.1. The first-order chi connectivity index (χ1) is 9.31. The van der Waals surface area contributed by atoms with Crippen molar-refractivity contribution in [3.8, 4) is 0 Å². The Balaban J connectivity index is 2.19. The Hall–Kier alpha value is -1.94. The van der Waals surface area contributed by atoms with Crippen LogP contribution in [0.5, 0.6) is 0 Å². The number of benzene rings is 1. The van der Waals surface area contributed by atoms with E-state index < -0.39 is 0 Å². The molecule has 4 heteroatoms. The van der Waals surface area contributed by atoms with Gasteiger partial charge in [-0.2, -0.15) is 0 Å². The number of para-hydroxylation sites is 1. The van der Waals surface area contributed by atoms with Gasteiger partial charge in [-0.3, -0.25) is 4.98 Å². The molecular weight excluding hydrogens is 236 g/mol. The summed E-state index contributed by atoms with van der Waals surface area (Å²) < 4.78 is 2.29. The third kappa shape index (κ3) is 2.08. The third-order valence-corrected chi connectivity index (χ3v) is 3.51. The van der Waals surface area contributed by atoms with Gasteiger partial charge in [0.2, 0.25) is 0 Å². The van der Waals surface area contributed by atoms with E-state index >= 15 is 0 Å². The number of unbranched alkanes of at least 4 members (excludes halogenated alkanes) is 1. The fraction of sp³-hybridized carbons (Fsp3) is 0.333. The van der Waals surface area contributed by atoms with Crippen molar-refractivity contribution < 1.29 is 0 Å². The minimum Gasteiger partial charge on any atom is -0.330 e. The minimum absolute atomic E-state index is 0.744. The molecule has 2 N–H and O–H groups in total. The van der Waals surface area contributed by atoms with Crippen LogP contribution in [0, 0.1) is 6.92 Å². The summed E-state index contributed by atoms with van der Waals surface area (Å²) in [5, 5.41) is 1.17. The van der Waals surface area contributed by atoms with Gasteiger partial charge in [-0.05, 0) is 32.4 Å². The summed E-state index contributed by atoms with van der Waals surface area (Å²) in [5.74, 6) is 1.05. The number of imidazole rings is 1. The molecule has 0 radical (unpaired) electrons. The molecule has 0 bridgehead atoms. The zero-order valence-corrected chi connectivity index (χ0v) is 11.1. The number of hydrogen-bond donors (Lipinski definition) is 1. The van der Waals surface area contributed by atoms with Crippen molar-refractivity contribution >= 4 is 21.9 Å². The predicted octanol–water partition coefficient (Wildman–Crippen LogP) is 2.63. The zero-order valence-electron chi connectivity index (χ0n) is 11.1. The van der Waals surface area contributed by atoms with E-state index in [1.165, 1.54) is 10.9 Å². The van der Waals surface area contributed by atoms with Crippen molar-refractivity contribution in [2.45, 2.75) is 26.3 Å². The first-order valence-corrected chi connectivity index (χ1v) is 6.72. The Bertz CT molecular complexity index is 715. The molecule has 3 aromatic rings. The second kappa shape index (κ2) is 4.97. The van der Waals surface area contributed by atoms with Gasteiger partial charge in [-0.15, -0.1) is 0 Å². The van der Waals surface area contributed by atoms with Gasteiger partial charge in [0, 0.05) is 11.9 Å². The molecule has 4 nitrogen and oxygen atoms in total. The average molecular weight is 254 g/mol. The first-order valence-electron chi connectivity index (χ1n) is 6.72. The molecule has 98 valence electrons. The standard InChI is InChI=1S/C15H18N4/c1-11-18-14-10-17-13-7-3-2-6-12(13)15(14)19(11)9-5-4-8-16/h2-3,6-7,10H,4-5,8-9,16H2,1H3. The summed E-state index contributed by atoms with van der Waals surface area (Å²) in [4.78, 5) is 9.08. The molecule has 19 heavy (non-hydrogen) atoms. The van der Waals surface area contributed by atoms with Crippen LogP contribution in [-0.4, -0.2) is 21.1 Å². The molecule has 0 aliphatic heterocycles. The summed E-state index contributed by atoms with van der Waals surface area (Å²) in [7, 11) is 0. The van der Waals surface area contributed by atoms with Gasteiger partial charge < -0.3 is 10.3 Å². The van der Waals surface area contributed by atoms with Gasteiger partial charge in [0.1, 0.15) is 11.3 Å². The number of nitrogens with two attached hydrogens (primary N) is 1. The number of nitrogens with zero attached hydrogens (tertiary/aromatic N) is 3. The lowest BCUT2D eigenvalue weighted by Gasteiger charge is -2.08. The summed E-state index contributed by atoms with van der Waals surface area (Å²) in [5.41, 5.74) is 8.77. The molecule has 2 aromatic heterocycles. The lowest BCUT2D eigenvalue weighted by atomic mass is 10.2. The van der Waals surface area contributed by atoms with Crippen molar-refractivity contribution in [3.63, 3.8) is 0 Å². The highest BCUT2D eigenvalue weighted by Gasteiger charge is 2.10. The Morgan fingerprint density at radius 2 is 2.00 bits per heavy atom. The van der Waals surface area contributed by atoms with Crippen LogP contribution in [0.2, 0.25) is 0 Å². The van der Waals surface area contributed by atoms with Crippen molar-refractivity contribution in [2.75, 3.05) is 6.54 Å². The third-order valence-electron chi connectivity index (χ3n) is 3.51. The topological polar surface area (TPSA) is 56.7 Å². The number of fused-ring (bicyclic) bond motifs is 3. The summed E-state index contributed by atoms with van der Waals surface area (Å²) in [6.45, 7) is 3.76. The number of rotatable bonds is 4. The van der Waals surface area contributed by atoms with Gasteiger partial charge in [0.25, 0.3) is 0 Å². The lowest BCUT2D eigenvalue weighted by molar-refractivity contribution is 0.615. The van der Waals surface area contributed by atoms with E-state index in [0.29, 0.717) is 0 Å². The number of aromatic nitrogens is 3. The van der Waals surface area contributed by atoms with Crippen molar-refractivity contribution in [2.24, 2.45) is 5.73 Å². The van der Waals surface area contributed by atoms with E-state index in [1.807, 2.05) is 18.3 Å². The maximum absolute atomic E-state index is 5.57. The highest BCUT2D eigenvalue weighted by Crippen LogP contribution is 2.24. The molecule has 0 atom stereocenters. The van der Waals surface area contributed by atoms with Gasteiger partial charge in [-0.25, -0.2) is 4.98 Å². The molecule has 0 aliphatic rings. The maximum Gasteiger partial charge on any atom is 0.108 e. The quantitative estimate of drug-likeness (QED) is 0.728. The van der Waals surface area contributed by atoms with Crippen LogP contribution in [0.1, 0.15) is 18.7 Å². The lowest BCUT2D eigenvalue weighted by Crippen LogP contribution is -2.04. The molecule has 0 saturated carbocycles. The monoisotopic (exact) mass is 254 g/mol. The number of pyridine rings is 1. The summed E-state index contributed by atoms with van der Waals surface area (Å²) in [6.07, 6.45) is 3.99. The normalized spacial score (nSPS) is 11.5. The number of aryl methyl sites for hydroxylation is 2. The maximum atomic E-state index is 5.57. The SMILES string of the molecule is Cc1nc2cnc3ccccc3c2n1CCCCN. The fourth-order valence-corrected chi connectivity index (χ4v) is 2.57. The van der Waals surface area contributed by atoms with Crippen LogP contribution in [0.15, 0.2) is 30.5 Å². The van der Waals surface area contributed by atoms with Gasteiger partial charge in [0.05, 0.1) is 17.2 Å². The van der Waals surface area contributed by atoms with Gasteiger partial charge in [-0.1, -0.05) is 18.2 Å². The van der Waals surface area contributed by atoms with E-state index in [2.05, 4.69) is 33.6 Å². The smallest absolute Gasteiger partial charge is 0.108 e. The van der Waals surface area contributed by atoms with E-state index in [0.717, 1.165) is 42.8 Å². The molecular formula is C15H18N4. The molecule has 0 amide bonds. The molecule has 0 spiro atoms. The van der Waals surface area contributed by atoms with Crippen LogP contribution in [0.25, 0.3) is 21.9 Å². The molecule has 1 aromatic carbocycles. The molecule has 0 aliphatic carbocycles. The Labute approximate surface area is 112 Å². The van der Waals surface area contributed by atoms with Crippen molar-refractivity contribution in [1.29, 1.82) is 0 Å². The predicted molar refractivity (Wildman–Crippen MR) is 78.1 cm³/mol. The molecule has 0 fully saturated rings. The molecule has 0 saturated heterocycles. The van der Waals surface area contributed by atoms with Crippen molar-refractivity contribution in [3.05, 3.63) is 36.3 Å². The second-order valence-electron chi connectivity index (χ2n) is 4.82. The van der Waals surface area contributed by atoms with E-state index in [1.54, 1.807) is 0 Å². The molecule has 3 rings (SSSR count). The Morgan fingerprint density at radius 1 is 1.16 bits per heavy atom.